The van der Waals surface area contributed by atoms with Gasteiger partial charge in [-0.15, -0.1) is 11.3 Å². The predicted octanol–water partition coefficient (Wildman–Crippen LogP) is 4.91. The highest BCUT2D eigenvalue weighted by molar-refractivity contribution is 9.10. The Morgan fingerprint density at radius 3 is 2.90 bits per heavy atom. The van der Waals surface area contributed by atoms with Crippen LogP contribution in [0.2, 0.25) is 0 Å². The van der Waals surface area contributed by atoms with E-state index >= 15 is 0 Å². The summed E-state index contributed by atoms with van der Waals surface area (Å²) in [6, 6.07) is 9.61. The van der Waals surface area contributed by atoms with E-state index < -0.39 is 5.97 Å². The molecule has 0 fully saturated rings. The number of thiophene rings is 1. The minimum Gasteiger partial charge on any atom is -0.477 e. The molecule has 2 aromatic heterocycles. The van der Waals surface area contributed by atoms with Crippen molar-refractivity contribution in [1.29, 1.82) is 0 Å². The molecule has 6 heteroatoms. The van der Waals surface area contributed by atoms with E-state index in [0.717, 1.165) is 25.2 Å². The fraction of sp³-hybridized carbons (Fsp3) is 0. The molecule has 3 nitrogen and oxygen atoms in total. The second-order valence-corrected chi connectivity index (χ2v) is 6.83. The first-order valence-electron chi connectivity index (χ1n) is 5.68. The van der Waals surface area contributed by atoms with Crippen LogP contribution >= 0.6 is 39.0 Å². The number of fused-ring (bicyclic) bond motifs is 1. The van der Waals surface area contributed by atoms with Crippen LogP contribution in [0.1, 0.15) is 9.67 Å². The van der Waals surface area contributed by atoms with Crippen molar-refractivity contribution in [2.24, 2.45) is 0 Å². The highest BCUT2D eigenvalue weighted by Crippen LogP contribution is 2.35. The number of aromatic nitrogens is 1. The van der Waals surface area contributed by atoms with E-state index in [0.29, 0.717) is 4.88 Å². The molecule has 0 unspecified atom stereocenters. The molecule has 0 amide bonds. The number of carboxylic acid groups (broad SMARTS) is 1. The molecule has 1 N–H and O–H groups in total. The molecule has 0 aliphatic carbocycles. The predicted molar refractivity (Wildman–Crippen MR) is 84.8 cm³/mol. The quantitative estimate of drug-likeness (QED) is 0.716. The van der Waals surface area contributed by atoms with Gasteiger partial charge in [0, 0.05) is 31.7 Å². The molecule has 3 rings (SSSR count). The first-order chi connectivity index (χ1) is 9.65. The van der Waals surface area contributed by atoms with Crippen molar-refractivity contribution in [3.8, 4) is 0 Å². The standard InChI is InChI=1S/C14H8BrNO2S2/c15-11-3-1-2-10-9(11)4-5-16-13(10)20-8-6-12(14(17)18)19-7-8/h1-7H,(H,17,18). The van der Waals surface area contributed by atoms with E-state index in [1.807, 2.05) is 29.6 Å². The molecule has 0 bridgehead atoms. The Kier molecular flexibility index (Phi) is 3.78. The number of nitrogens with zero attached hydrogens (tertiary/aromatic N) is 1. The number of carbonyl (C=O) groups is 1. The number of aromatic carboxylic acids is 1. The highest BCUT2D eigenvalue weighted by atomic mass is 79.9. The summed E-state index contributed by atoms with van der Waals surface area (Å²) in [5, 5.41) is 13.8. The maximum absolute atomic E-state index is 10.9. The molecule has 1 aromatic carbocycles. The van der Waals surface area contributed by atoms with E-state index in [4.69, 9.17) is 5.11 Å². The third kappa shape index (κ3) is 2.59. The van der Waals surface area contributed by atoms with Gasteiger partial charge in [0.2, 0.25) is 0 Å². The first kappa shape index (κ1) is 13.6. The monoisotopic (exact) mass is 365 g/mol. The van der Waals surface area contributed by atoms with Gasteiger partial charge >= 0.3 is 5.97 Å². The van der Waals surface area contributed by atoms with Crippen LogP contribution in [0.3, 0.4) is 0 Å². The molecule has 0 aliphatic rings. The van der Waals surface area contributed by atoms with Crippen molar-refractivity contribution >= 4 is 55.8 Å². The molecule has 2 heterocycles. The molecule has 3 aromatic rings. The average Bonchev–Trinajstić information content (AvgIpc) is 2.89. The van der Waals surface area contributed by atoms with E-state index in [-0.39, 0.29) is 0 Å². The average molecular weight is 366 g/mol. The lowest BCUT2D eigenvalue weighted by Gasteiger charge is -2.05. The fourth-order valence-electron chi connectivity index (χ4n) is 1.82. The Bertz CT molecular complexity index is 801. The third-order valence-electron chi connectivity index (χ3n) is 2.72. The minimum absolute atomic E-state index is 0.342. The summed E-state index contributed by atoms with van der Waals surface area (Å²) in [7, 11) is 0. The van der Waals surface area contributed by atoms with Gasteiger partial charge in [0.25, 0.3) is 0 Å². The maximum Gasteiger partial charge on any atom is 0.345 e. The number of hydrogen-bond donors (Lipinski definition) is 1. The van der Waals surface area contributed by atoms with Gasteiger partial charge in [0.05, 0.1) is 0 Å². The normalized spacial score (nSPS) is 10.8. The Labute approximate surface area is 131 Å². The van der Waals surface area contributed by atoms with Gasteiger partial charge in [-0.1, -0.05) is 39.8 Å². The van der Waals surface area contributed by atoms with Crippen LogP contribution in [0.25, 0.3) is 10.8 Å². The van der Waals surface area contributed by atoms with E-state index in [2.05, 4.69) is 20.9 Å². The highest BCUT2D eigenvalue weighted by Gasteiger charge is 2.10. The van der Waals surface area contributed by atoms with Crippen LogP contribution in [-0.4, -0.2) is 16.1 Å². The SMILES string of the molecule is O=C(O)c1cc(Sc2nccc3c(Br)cccc23)cs1. The molecular formula is C14H8BrNO2S2. The van der Waals surface area contributed by atoms with Crippen LogP contribution in [0.4, 0.5) is 0 Å². The zero-order chi connectivity index (χ0) is 14.1. The molecule has 0 saturated carbocycles. The van der Waals surface area contributed by atoms with Crippen molar-refractivity contribution in [2.75, 3.05) is 0 Å². The summed E-state index contributed by atoms with van der Waals surface area (Å²) in [5.41, 5.74) is 0. The van der Waals surface area contributed by atoms with Crippen molar-refractivity contribution in [3.05, 3.63) is 51.3 Å². The second-order valence-electron chi connectivity index (χ2n) is 4.00. The Morgan fingerprint density at radius 1 is 1.30 bits per heavy atom. The van der Waals surface area contributed by atoms with Gasteiger partial charge < -0.3 is 5.11 Å². The zero-order valence-electron chi connectivity index (χ0n) is 10.0. The van der Waals surface area contributed by atoms with Crippen LogP contribution in [-0.2, 0) is 0 Å². The number of pyridine rings is 1. The number of rotatable bonds is 3. The van der Waals surface area contributed by atoms with Crippen LogP contribution in [0, 0.1) is 0 Å². The second kappa shape index (κ2) is 5.55. The Morgan fingerprint density at radius 2 is 2.15 bits per heavy atom. The minimum atomic E-state index is -0.893. The molecule has 0 aliphatic heterocycles. The van der Waals surface area contributed by atoms with Crippen molar-refractivity contribution in [1.82, 2.24) is 4.98 Å². The van der Waals surface area contributed by atoms with Crippen LogP contribution in [0.5, 0.6) is 0 Å². The smallest absolute Gasteiger partial charge is 0.345 e. The summed E-state index contributed by atoms with van der Waals surface area (Å²) in [5.74, 6) is -0.893. The van der Waals surface area contributed by atoms with Gasteiger partial charge in [-0.3, -0.25) is 0 Å². The topological polar surface area (TPSA) is 50.2 Å². The van der Waals surface area contributed by atoms with Crippen molar-refractivity contribution < 1.29 is 9.90 Å². The van der Waals surface area contributed by atoms with Crippen LogP contribution < -0.4 is 0 Å². The third-order valence-corrected chi connectivity index (χ3v) is 5.47. The van der Waals surface area contributed by atoms with Crippen molar-refractivity contribution in [2.45, 2.75) is 9.92 Å². The largest absolute Gasteiger partial charge is 0.477 e. The fourth-order valence-corrected chi connectivity index (χ4v) is 4.14. The summed E-state index contributed by atoms with van der Waals surface area (Å²) in [4.78, 5) is 16.5. The molecule has 0 atom stereocenters. The lowest BCUT2D eigenvalue weighted by atomic mass is 10.2. The van der Waals surface area contributed by atoms with E-state index in [1.54, 1.807) is 12.3 Å². The van der Waals surface area contributed by atoms with E-state index in [1.165, 1.54) is 23.1 Å². The first-order valence-corrected chi connectivity index (χ1v) is 8.17. The molecular weight excluding hydrogens is 358 g/mol. The molecule has 100 valence electrons. The van der Waals surface area contributed by atoms with Gasteiger partial charge in [-0.25, -0.2) is 9.78 Å². The van der Waals surface area contributed by atoms with Gasteiger partial charge in [-0.05, 0) is 18.2 Å². The molecule has 0 spiro atoms. The van der Waals surface area contributed by atoms with Crippen LogP contribution in [0.15, 0.2) is 56.3 Å². The molecule has 0 radical (unpaired) electrons. The Hall–Kier alpha value is -1.37. The summed E-state index contributed by atoms with van der Waals surface area (Å²) in [6.45, 7) is 0. The molecule has 20 heavy (non-hydrogen) atoms. The summed E-state index contributed by atoms with van der Waals surface area (Å²) >= 11 is 6.23. The maximum atomic E-state index is 10.9. The summed E-state index contributed by atoms with van der Waals surface area (Å²) in [6.07, 6.45) is 1.76. The number of carboxylic acids is 1. The number of benzene rings is 1. The lowest BCUT2D eigenvalue weighted by molar-refractivity contribution is 0.0702. The Balaban J connectivity index is 2.02. The zero-order valence-corrected chi connectivity index (χ0v) is 13.3. The number of halogens is 1. The van der Waals surface area contributed by atoms with Gasteiger partial charge in [0.15, 0.2) is 0 Å². The molecule has 0 saturated heterocycles. The van der Waals surface area contributed by atoms with E-state index in [9.17, 15) is 4.79 Å². The van der Waals surface area contributed by atoms with Crippen molar-refractivity contribution in [3.63, 3.8) is 0 Å². The summed E-state index contributed by atoms with van der Waals surface area (Å²) < 4.78 is 1.02. The lowest BCUT2D eigenvalue weighted by Crippen LogP contribution is -1.89. The number of hydrogen-bond acceptors (Lipinski definition) is 4. The van der Waals surface area contributed by atoms with Gasteiger partial charge in [-0.2, -0.15) is 0 Å². The van der Waals surface area contributed by atoms with Gasteiger partial charge in [0.1, 0.15) is 9.90 Å².